The predicted octanol–water partition coefficient (Wildman–Crippen LogP) is 4.48. The lowest BCUT2D eigenvalue weighted by Gasteiger charge is -2.24. The van der Waals surface area contributed by atoms with Crippen LogP contribution in [-0.2, 0) is 21.6 Å². The van der Waals surface area contributed by atoms with Gasteiger partial charge in [0.25, 0.3) is 0 Å². The number of benzene rings is 1. The van der Waals surface area contributed by atoms with Crippen LogP contribution in [0.5, 0.6) is 0 Å². The molecule has 1 aromatic heterocycles. The van der Waals surface area contributed by atoms with Crippen molar-refractivity contribution in [2.75, 3.05) is 5.32 Å². The van der Waals surface area contributed by atoms with Crippen molar-refractivity contribution in [2.24, 2.45) is 5.92 Å². The van der Waals surface area contributed by atoms with Gasteiger partial charge in [0, 0.05) is 28.8 Å². The van der Waals surface area contributed by atoms with Crippen LogP contribution in [0, 0.1) is 5.92 Å². The highest BCUT2D eigenvalue weighted by Gasteiger charge is 2.29. The van der Waals surface area contributed by atoms with E-state index in [4.69, 9.17) is 11.6 Å². The van der Waals surface area contributed by atoms with E-state index >= 15 is 0 Å². The standard InChI is InChI=1S/C18H21ClN2O3S2/c19-16-9-13(5-6-14(16)11-26(23)24)15(12-3-1-2-4-12)10-17(22)21-18-20-7-8-25-18/h5-9,12,15H,1-4,10-11H2,(H,23,24)(H,20,21,22)/p-1/t15-/m1/s1. The third kappa shape index (κ3) is 5.13. The van der Waals surface area contributed by atoms with Gasteiger partial charge in [0.2, 0.25) is 5.91 Å². The van der Waals surface area contributed by atoms with Crippen molar-refractivity contribution in [3.05, 3.63) is 45.9 Å². The van der Waals surface area contributed by atoms with E-state index in [0.29, 0.717) is 28.1 Å². The van der Waals surface area contributed by atoms with E-state index in [1.54, 1.807) is 12.3 Å². The molecule has 1 saturated carbocycles. The maximum atomic E-state index is 12.5. The van der Waals surface area contributed by atoms with Crippen LogP contribution in [0.15, 0.2) is 29.8 Å². The summed E-state index contributed by atoms with van der Waals surface area (Å²) in [5, 5.41) is 5.72. The molecule has 1 fully saturated rings. The number of thiazole rings is 1. The number of carbonyl (C=O) groups excluding carboxylic acids is 1. The van der Waals surface area contributed by atoms with Crippen LogP contribution in [0.4, 0.5) is 5.13 Å². The Morgan fingerprint density at radius 1 is 1.42 bits per heavy atom. The van der Waals surface area contributed by atoms with Gasteiger partial charge in [-0.05, 0) is 41.9 Å². The highest BCUT2D eigenvalue weighted by Crippen LogP contribution is 2.40. The molecule has 8 heteroatoms. The Morgan fingerprint density at radius 2 is 2.19 bits per heavy atom. The topological polar surface area (TPSA) is 82.1 Å². The Kier molecular flexibility index (Phi) is 6.80. The van der Waals surface area contributed by atoms with Gasteiger partial charge in [0.05, 0.1) is 0 Å². The van der Waals surface area contributed by atoms with Gasteiger partial charge in [-0.25, -0.2) is 4.98 Å². The predicted molar refractivity (Wildman–Crippen MR) is 104 cm³/mol. The van der Waals surface area contributed by atoms with Gasteiger partial charge in [0.1, 0.15) is 0 Å². The lowest BCUT2D eigenvalue weighted by molar-refractivity contribution is -0.116. The summed E-state index contributed by atoms with van der Waals surface area (Å²) < 4.78 is 21.9. The number of anilines is 1. The second-order valence-corrected chi connectivity index (χ2v) is 8.74. The van der Waals surface area contributed by atoms with Crippen LogP contribution in [0.3, 0.4) is 0 Å². The molecule has 140 valence electrons. The Morgan fingerprint density at radius 3 is 2.81 bits per heavy atom. The summed E-state index contributed by atoms with van der Waals surface area (Å²) in [6.45, 7) is 0. The van der Waals surface area contributed by atoms with Gasteiger partial charge in [0.15, 0.2) is 5.13 Å². The number of hydrogen-bond acceptors (Lipinski definition) is 5. The lowest BCUT2D eigenvalue weighted by Crippen LogP contribution is -2.20. The second kappa shape index (κ2) is 9.08. The minimum atomic E-state index is -2.18. The van der Waals surface area contributed by atoms with Crippen LogP contribution < -0.4 is 5.32 Å². The summed E-state index contributed by atoms with van der Waals surface area (Å²) in [5.74, 6) is 0.352. The summed E-state index contributed by atoms with van der Waals surface area (Å²) in [7, 11) is 0. The number of aromatic nitrogens is 1. The SMILES string of the molecule is O=C(C[C@@H](c1ccc(CS(=O)[O-])c(Cl)c1)C1CCCC1)Nc1nccs1. The smallest absolute Gasteiger partial charge is 0.226 e. The van der Waals surface area contributed by atoms with Crippen LogP contribution in [0.2, 0.25) is 5.02 Å². The first kappa shape index (κ1) is 19.5. The van der Waals surface area contributed by atoms with Gasteiger partial charge in [-0.1, -0.05) is 47.7 Å². The van der Waals surface area contributed by atoms with Crippen molar-refractivity contribution in [1.82, 2.24) is 4.98 Å². The molecular formula is C18H20ClN2O3S2-. The fourth-order valence-corrected chi connectivity index (χ4v) is 5.00. The molecule has 2 aromatic rings. The highest BCUT2D eigenvalue weighted by molar-refractivity contribution is 7.78. The quantitative estimate of drug-likeness (QED) is 0.681. The van der Waals surface area contributed by atoms with E-state index in [1.807, 2.05) is 17.5 Å². The van der Waals surface area contributed by atoms with E-state index in [0.717, 1.165) is 18.4 Å². The van der Waals surface area contributed by atoms with Gasteiger partial charge < -0.3 is 9.87 Å². The first-order chi connectivity index (χ1) is 12.5. The molecule has 0 radical (unpaired) electrons. The molecule has 1 aromatic carbocycles. The molecule has 1 unspecified atom stereocenters. The minimum Gasteiger partial charge on any atom is -0.772 e. The van der Waals surface area contributed by atoms with Gasteiger partial charge >= 0.3 is 0 Å². The number of amides is 1. The van der Waals surface area contributed by atoms with Crippen LogP contribution >= 0.6 is 22.9 Å². The zero-order chi connectivity index (χ0) is 18.5. The van der Waals surface area contributed by atoms with E-state index in [2.05, 4.69) is 10.3 Å². The molecule has 3 rings (SSSR count). The Labute approximate surface area is 164 Å². The molecule has 0 saturated heterocycles. The Bertz CT molecular complexity index is 777. The number of hydrogen-bond donors (Lipinski definition) is 1. The molecule has 1 amide bonds. The third-order valence-corrected chi connectivity index (χ3v) is 6.42. The Balaban J connectivity index is 1.78. The summed E-state index contributed by atoms with van der Waals surface area (Å²) in [4.78, 5) is 16.6. The molecule has 26 heavy (non-hydrogen) atoms. The summed E-state index contributed by atoms with van der Waals surface area (Å²) in [6, 6.07) is 5.49. The van der Waals surface area contributed by atoms with Gasteiger partial charge in [-0.3, -0.25) is 9.00 Å². The van der Waals surface area contributed by atoms with E-state index < -0.39 is 11.1 Å². The average molecular weight is 412 g/mol. The highest BCUT2D eigenvalue weighted by atomic mass is 35.5. The number of nitrogens with zero attached hydrogens (tertiary/aromatic N) is 1. The number of nitrogens with one attached hydrogen (secondary N) is 1. The fraction of sp³-hybridized carbons (Fsp3) is 0.444. The number of rotatable bonds is 7. The summed E-state index contributed by atoms with van der Waals surface area (Å²) in [6.07, 6.45) is 6.57. The van der Waals surface area contributed by atoms with Gasteiger partial charge in [-0.2, -0.15) is 0 Å². The first-order valence-corrected chi connectivity index (χ1v) is 11.1. The summed E-state index contributed by atoms with van der Waals surface area (Å²) >= 11 is 5.51. The van der Waals surface area contributed by atoms with Crippen molar-refractivity contribution < 1.29 is 13.6 Å². The summed E-state index contributed by atoms with van der Waals surface area (Å²) in [5.41, 5.74) is 1.58. The van der Waals surface area contributed by atoms with E-state index in [1.165, 1.54) is 24.2 Å². The molecule has 1 heterocycles. The molecule has 0 bridgehead atoms. The van der Waals surface area contributed by atoms with Crippen LogP contribution in [-0.4, -0.2) is 19.7 Å². The van der Waals surface area contributed by atoms with Crippen molar-refractivity contribution in [2.45, 2.75) is 43.8 Å². The van der Waals surface area contributed by atoms with E-state index in [9.17, 15) is 13.6 Å². The third-order valence-electron chi connectivity index (χ3n) is 4.83. The maximum Gasteiger partial charge on any atom is 0.226 e. The normalized spacial score (nSPS) is 17.2. The first-order valence-electron chi connectivity index (χ1n) is 8.56. The van der Waals surface area contributed by atoms with Crippen molar-refractivity contribution in [3.63, 3.8) is 0 Å². The zero-order valence-electron chi connectivity index (χ0n) is 14.2. The molecule has 1 aliphatic rings. The monoisotopic (exact) mass is 411 g/mol. The van der Waals surface area contributed by atoms with Crippen molar-refractivity contribution in [1.29, 1.82) is 0 Å². The van der Waals surface area contributed by atoms with Crippen LogP contribution in [0.25, 0.3) is 0 Å². The Hall–Kier alpha value is -1.28. The van der Waals surface area contributed by atoms with E-state index in [-0.39, 0.29) is 17.6 Å². The largest absolute Gasteiger partial charge is 0.772 e. The molecule has 1 N–H and O–H groups in total. The molecule has 2 atom stereocenters. The van der Waals surface area contributed by atoms with Crippen LogP contribution in [0.1, 0.15) is 49.1 Å². The molecule has 5 nitrogen and oxygen atoms in total. The number of carbonyl (C=O) groups is 1. The van der Waals surface area contributed by atoms with Crippen molar-refractivity contribution >= 4 is 45.1 Å². The molecule has 0 aliphatic heterocycles. The van der Waals surface area contributed by atoms with Crippen molar-refractivity contribution in [3.8, 4) is 0 Å². The zero-order valence-corrected chi connectivity index (χ0v) is 16.5. The molecular weight excluding hydrogens is 392 g/mol. The average Bonchev–Trinajstić information content (AvgIpc) is 3.28. The molecule has 1 aliphatic carbocycles. The fourth-order valence-electron chi connectivity index (χ4n) is 3.61. The maximum absolute atomic E-state index is 12.5. The minimum absolute atomic E-state index is 0.0577. The van der Waals surface area contributed by atoms with Gasteiger partial charge in [-0.15, -0.1) is 11.3 Å². The lowest BCUT2D eigenvalue weighted by atomic mass is 9.82. The number of halogens is 1. The molecule has 0 spiro atoms. The second-order valence-electron chi connectivity index (χ2n) is 6.54.